The Hall–Kier alpha value is -0.960. The fourth-order valence-corrected chi connectivity index (χ4v) is 3.94. The molecule has 1 aromatic rings. The summed E-state index contributed by atoms with van der Waals surface area (Å²) in [7, 11) is 1.64. The first-order valence-electron chi connectivity index (χ1n) is 6.98. The SMILES string of the molecule is COc1ccc(C(=O)CSC2CCCC(C)C2)cc1. The van der Waals surface area contributed by atoms with E-state index in [1.807, 2.05) is 36.0 Å². The molecule has 0 N–H and O–H groups in total. The number of rotatable bonds is 5. The molecule has 19 heavy (non-hydrogen) atoms. The fourth-order valence-electron chi connectivity index (χ4n) is 2.58. The van der Waals surface area contributed by atoms with Crippen molar-refractivity contribution in [3.05, 3.63) is 29.8 Å². The minimum Gasteiger partial charge on any atom is -0.497 e. The standard InChI is InChI=1S/C16H22O2S/c1-12-4-3-5-15(10-12)19-11-16(17)13-6-8-14(18-2)9-7-13/h6-9,12,15H,3-5,10-11H2,1-2H3. The zero-order chi connectivity index (χ0) is 13.7. The lowest BCUT2D eigenvalue weighted by atomic mass is 9.91. The van der Waals surface area contributed by atoms with Crippen molar-refractivity contribution in [1.29, 1.82) is 0 Å². The van der Waals surface area contributed by atoms with E-state index in [9.17, 15) is 4.79 Å². The van der Waals surface area contributed by atoms with Gasteiger partial charge in [-0.05, 0) is 43.0 Å². The van der Waals surface area contributed by atoms with E-state index >= 15 is 0 Å². The normalized spacial score (nSPS) is 23.1. The molecule has 1 aliphatic carbocycles. The van der Waals surface area contributed by atoms with Crippen molar-refractivity contribution in [2.24, 2.45) is 5.92 Å². The maximum absolute atomic E-state index is 12.1. The van der Waals surface area contributed by atoms with E-state index in [0.717, 1.165) is 17.2 Å². The van der Waals surface area contributed by atoms with Gasteiger partial charge >= 0.3 is 0 Å². The predicted molar refractivity (Wildman–Crippen MR) is 81.2 cm³/mol. The van der Waals surface area contributed by atoms with Crippen LogP contribution in [0, 0.1) is 5.92 Å². The lowest BCUT2D eigenvalue weighted by molar-refractivity contribution is 0.102. The van der Waals surface area contributed by atoms with E-state index in [4.69, 9.17) is 4.74 Å². The van der Waals surface area contributed by atoms with Gasteiger partial charge in [-0.25, -0.2) is 0 Å². The van der Waals surface area contributed by atoms with Gasteiger partial charge in [0.25, 0.3) is 0 Å². The summed E-state index contributed by atoms with van der Waals surface area (Å²) in [6.45, 7) is 2.32. The second kappa shape index (κ2) is 6.99. The number of benzene rings is 1. The maximum Gasteiger partial charge on any atom is 0.172 e. The summed E-state index contributed by atoms with van der Waals surface area (Å²) in [5.41, 5.74) is 0.789. The Morgan fingerprint density at radius 1 is 1.32 bits per heavy atom. The summed E-state index contributed by atoms with van der Waals surface area (Å²) in [6, 6.07) is 7.40. The number of thioether (sulfide) groups is 1. The molecular weight excluding hydrogens is 256 g/mol. The van der Waals surface area contributed by atoms with Crippen molar-refractivity contribution in [3.63, 3.8) is 0 Å². The molecule has 0 heterocycles. The second-order valence-electron chi connectivity index (χ2n) is 5.36. The Labute approximate surface area is 119 Å². The molecule has 2 nitrogen and oxygen atoms in total. The smallest absolute Gasteiger partial charge is 0.172 e. The number of ketones is 1. The molecule has 0 aromatic heterocycles. The molecule has 1 aliphatic rings. The largest absolute Gasteiger partial charge is 0.497 e. The number of methoxy groups -OCH3 is 1. The summed E-state index contributed by atoms with van der Waals surface area (Å²) < 4.78 is 5.10. The quantitative estimate of drug-likeness (QED) is 0.755. The molecule has 0 saturated heterocycles. The van der Waals surface area contributed by atoms with Crippen LogP contribution >= 0.6 is 11.8 Å². The van der Waals surface area contributed by atoms with Crippen LogP contribution in [-0.4, -0.2) is 23.9 Å². The van der Waals surface area contributed by atoms with Crippen LogP contribution in [0.2, 0.25) is 0 Å². The highest BCUT2D eigenvalue weighted by atomic mass is 32.2. The number of ether oxygens (including phenoxy) is 1. The average Bonchev–Trinajstić information content (AvgIpc) is 2.45. The maximum atomic E-state index is 12.1. The van der Waals surface area contributed by atoms with Crippen LogP contribution in [0.5, 0.6) is 5.75 Å². The highest BCUT2D eigenvalue weighted by Gasteiger charge is 2.20. The molecule has 2 rings (SSSR count). The van der Waals surface area contributed by atoms with Gasteiger partial charge in [-0.3, -0.25) is 4.79 Å². The van der Waals surface area contributed by atoms with Crippen molar-refractivity contribution >= 4 is 17.5 Å². The first kappa shape index (κ1) is 14.4. The van der Waals surface area contributed by atoms with Gasteiger partial charge < -0.3 is 4.74 Å². The molecule has 0 radical (unpaired) electrons. The Bertz CT molecular complexity index is 413. The first-order chi connectivity index (χ1) is 9.19. The monoisotopic (exact) mass is 278 g/mol. The topological polar surface area (TPSA) is 26.3 Å². The van der Waals surface area contributed by atoms with Crippen molar-refractivity contribution in [2.75, 3.05) is 12.9 Å². The third-order valence-corrected chi connectivity index (χ3v) is 5.08. The molecule has 104 valence electrons. The van der Waals surface area contributed by atoms with Crippen LogP contribution in [0.15, 0.2) is 24.3 Å². The molecule has 2 atom stereocenters. The van der Waals surface area contributed by atoms with E-state index < -0.39 is 0 Å². The molecule has 0 amide bonds. The Balaban J connectivity index is 1.83. The van der Waals surface area contributed by atoms with Gasteiger partial charge in [-0.1, -0.05) is 19.8 Å². The van der Waals surface area contributed by atoms with Gasteiger partial charge in [0.1, 0.15) is 5.75 Å². The summed E-state index contributed by atoms with van der Waals surface area (Å²) in [4.78, 5) is 12.1. The van der Waals surface area contributed by atoms with Gasteiger partial charge in [-0.2, -0.15) is 11.8 Å². The first-order valence-corrected chi connectivity index (χ1v) is 8.02. The molecule has 3 heteroatoms. The van der Waals surface area contributed by atoms with E-state index in [1.54, 1.807) is 7.11 Å². The number of hydrogen-bond donors (Lipinski definition) is 0. The molecule has 0 spiro atoms. The number of carbonyl (C=O) groups is 1. The Morgan fingerprint density at radius 3 is 2.68 bits per heavy atom. The van der Waals surface area contributed by atoms with E-state index in [2.05, 4.69) is 6.92 Å². The van der Waals surface area contributed by atoms with E-state index in [-0.39, 0.29) is 5.78 Å². The van der Waals surface area contributed by atoms with Crippen molar-refractivity contribution in [2.45, 2.75) is 37.9 Å². The average molecular weight is 278 g/mol. The highest BCUT2D eigenvalue weighted by molar-refractivity contribution is 8.00. The number of Topliss-reactive ketones (excluding diaryl/α,β-unsaturated/α-hetero) is 1. The number of carbonyl (C=O) groups excluding carboxylic acids is 1. The molecule has 0 bridgehead atoms. The molecule has 0 aliphatic heterocycles. The van der Waals surface area contributed by atoms with Crippen molar-refractivity contribution < 1.29 is 9.53 Å². The van der Waals surface area contributed by atoms with Crippen LogP contribution in [0.3, 0.4) is 0 Å². The lowest BCUT2D eigenvalue weighted by Crippen LogP contribution is -2.17. The molecule has 1 fully saturated rings. The van der Waals surface area contributed by atoms with E-state index in [0.29, 0.717) is 11.0 Å². The van der Waals surface area contributed by atoms with Crippen molar-refractivity contribution in [3.8, 4) is 5.75 Å². The van der Waals surface area contributed by atoms with Crippen LogP contribution in [-0.2, 0) is 0 Å². The Morgan fingerprint density at radius 2 is 2.05 bits per heavy atom. The van der Waals surface area contributed by atoms with Gasteiger partial charge in [0, 0.05) is 10.8 Å². The van der Waals surface area contributed by atoms with Crippen LogP contribution in [0.25, 0.3) is 0 Å². The zero-order valence-corrected chi connectivity index (χ0v) is 12.5. The summed E-state index contributed by atoms with van der Waals surface area (Å²) in [6.07, 6.45) is 5.20. The number of hydrogen-bond acceptors (Lipinski definition) is 3. The van der Waals surface area contributed by atoms with Gasteiger partial charge in [0.2, 0.25) is 0 Å². The van der Waals surface area contributed by atoms with Crippen LogP contribution < -0.4 is 4.74 Å². The minimum absolute atomic E-state index is 0.228. The third kappa shape index (κ3) is 4.27. The van der Waals surface area contributed by atoms with Crippen LogP contribution in [0.1, 0.15) is 43.0 Å². The molecule has 1 aromatic carbocycles. The molecule has 2 unspecified atom stereocenters. The highest BCUT2D eigenvalue weighted by Crippen LogP contribution is 2.32. The summed E-state index contributed by atoms with van der Waals surface area (Å²) >= 11 is 1.83. The molecule has 1 saturated carbocycles. The zero-order valence-electron chi connectivity index (χ0n) is 11.7. The second-order valence-corrected chi connectivity index (χ2v) is 6.65. The van der Waals surface area contributed by atoms with Gasteiger partial charge in [-0.15, -0.1) is 0 Å². The minimum atomic E-state index is 0.228. The van der Waals surface area contributed by atoms with Crippen LogP contribution in [0.4, 0.5) is 0 Å². The van der Waals surface area contributed by atoms with Gasteiger partial charge in [0.05, 0.1) is 12.9 Å². The summed E-state index contributed by atoms with van der Waals surface area (Å²) in [5, 5.41) is 0.672. The predicted octanol–water partition coefficient (Wildman–Crippen LogP) is 4.19. The molecular formula is C16H22O2S. The van der Waals surface area contributed by atoms with E-state index in [1.165, 1.54) is 25.7 Å². The fraction of sp³-hybridized carbons (Fsp3) is 0.562. The van der Waals surface area contributed by atoms with Gasteiger partial charge in [0.15, 0.2) is 5.78 Å². The third-order valence-electron chi connectivity index (χ3n) is 3.75. The lowest BCUT2D eigenvalue weighted by Gasteiger charge is -2.25. The Kier molecular flexibility index (Phi) is 5.32. The summed E-state index contributed by atoms with van der Waals surface area (Å²) in [5.74, 6) is 2.45. The van der Waals surface area contributed by atoms with Crippen molar-refractivity contribution in [1.82, 2.24) is 0 Å².